The largest absolute Gasteiger partial charge is 0.311 e. The number of carbonyl (C=O) groups excluding carboxylic acids is 1. The topological polar surface area (TPSA) is 46.1 Å². The fraction of sp³-hybridized carbons (Fsp3) is 0.255. The summed E-state index contributed by atoms with van der Waals surface area (Å²) in [6.45, 7) is 4.53. The van der Waals surface area contributed by atoms with Crippen LogP contribution >= 0.6 is 56.7 Å². The van der Waals surface area contributed by atoms with Gasteiger partial charge in [-0.25, -0.2) is 9.97 Å². The van der Waals surface area contributed by atoms with E-state index in [0.29, 0.717) is 0 Å². The van der Waals surface area contributed by atoms with Crippen molar-refractivity contribution in [3.63, 3.8) is 0 Å². The number of hydrogen-bond acceptors (Lipinski definition) is 9. The first-order valence-electron chi connectivity index (χ1n) is 19.7. The summed E-state index contributed by atoms with van der Waals surface area (Å²) in [4.78, 5) is 33.2. The number of aldehydes is 1. The van der Waals surface area contributed by atoms with Crippen molar-refractivity contribution >= 4 is 89.7 Å². The molecule has 0 atom stereocenters. The van der Waals surface area contributed by atoms with Gasteiger partial charge in [0.2, 0.25) is 0 Å². The molecule has 0 aliphatic carbocycles. The van der Waals surface area contributed by atoms with Gasteiger partial charge in [0.25, 0.3) is 0 Å². The highest BCUT2D eigenvalue weighted by Gasteiger charge is 2.21. The molecule has 0 saturated carbocycles. The molecular formula is C47H45N3OS5. The van der Waals surface area contributed by atoms with E-state index in [1.165, 1.54) is 92.4 Å². The molecule has 0 bridgehead atoms. The van der Waals surface area contributed by atoms with Crippen molar-refractivity contribution in [1.82, 2.24) is 9.97 Å². The maximum atomic E-state index is 11.5. The van der Waals surface area contributed by atoms with Crippen LogP contribution in [0, 0.1) is 0 Å². The maximum Gasteiger partial charge on any atom is 0.160 e. The first-order chi connectivity index (χ1) is 27.6. The van der Waals surface area contributed by atoms with E-state index in [9.17, 15) is 4.79 Å². The van der Waals surface area contributed by atoms with Gasteiger partial charge in [-0.05, 0) is 103 Å². The zero-order valence-corrected chi connectivity index (χ0v) is 35.9. The lowest BCUT2D eigenvalue weighted by atomic mass is 10.0. The Morgan fingerprint density at radius 1 is 0.518 bits per heavy atom. The lowest BCUT2D eigenvalue weighted by Crippen LogP contribution is -2.09. The number of benzene rings is 3. The molecule has 0 radical (unpaired) electrons. The van der Waals surface area contributed by atoms with Gasteiger partial charge in [0.1, 0.15) is 10.0 Å². The van der Waals surface area contributed by atoms with E-state index in [2.05, 4.69) is 122 Å². The van der Waals surface area contributed by atoms with Gasteiger partial charge in [-0.15, -0.1) is 34.0 Å². The van der Waals surface area contributed by atoms with Gasteiger partial charge >= 0.3 is 0 Å². The smallest absolute Gasteiger partial charge is 0.160 e. The first-order valence-corrected chi connectivity index (χ1v) is 23.8. The van der Waals surface area contributed by atoms with Crippen LogP contribution in [0.5, 0.6) is 0 Å². The van der Waals surface area contributed by atoms with Crippen molar-refractivity contribution in [2.45, 2.75) is 78.1 Å². The van der Waals surface area contributed by atoms with Crippen molar-refractivity contribution in [2.75, 3.05) is 4.90 Å². The van der Waals surface area contributed by atoms with E-state index in [1.54, 1.807) is 45.3 Å². The third-order valence-electron chi connectivity index (χ3n) is 10.00. The summed E-state index contributed by atoms with van der Waals surface area (Å²) < 4.78 is 0. The van der Waals surface area contributed by atoms with Crippen molar-refractivity contribution in [3.8, 4) is 40.0 Å². The van der Waals surface area contributed by atoms with E-state index >= 15 is 0 Å². The minimum Gasteiger partial charge on any atom is -0.311 e. The average Bonchev–Trinajstić information content (AvgIpc) is 4.08. The Bertz CT molecular complexity index is 2420. The lowest BCUT2D eigenvalue weighted by molar-refractivity contribution is 0.112. The van der Waals surface area contributed by atoms with Crippen LogP contribution in [0.25, 0.3) is 49.6 Å². The quantitative estimate of drug-likeness (QED) is 0.0638. The molecule has 0 N–H and O–H groups in total. The highest BCUT2D eigenvalue weighted by Crippen LogP contribution is 2.47. The SMILES string of the molecule is CCCCCCc1cc(-c2nc3sc(-c4cc(CCCCCC)c(-c5ccc(C=O)s5)s4)nc3s2)sc1-c1ccc(N(c2ccccc2)c2ccccc2)cc1. The molecule has 8 aromatic rings. The van der Waals surface area contributed by atoms with E-state index in [4.69, 9.17) is 9.97 Å². The van der Waals surface area contributed by atoms with Crippen LogP contribution in [0.2, 0.25) is 0 Å². The van der Waals surface area contributed by atoms with E-state index in [1.807, 2.05) is 17.4 Å². The molecule has 9 heteroatoms. The van der Waals surface area contributed by atoms with E-state index < -0.39 is 0 Å². The molecule has 0 fully saturated rings. The number of hydrogen-bond donors (Lipinski definition) is 0. The van der Waals surface area contributed by atoms with Gasteiger partial charge in [0, 0.05) is 31.7 Å². The predicted octanol–water partition coefficient (Wildman–Crippen LogP) is 16.1. The van der Waals surface area contributed by atoms with Gasteiger partial charge in [-0.2, -0.15) is 0 Å². The molecule has 5 heterocycles. The van der Waals surface area contributed by atoms with E-state index in [0.717, 1.165) is 60.7 Å². The third kappa shape index (κ3) is 8.67. The number of unbranched alkanes of at least 4 members (excludes halogenated alkanes) is 6. The van der Waals surface area contributed by atoms with Crippen LogP contribution in [0.1, 0.15) is 86.0 Å². The Labute approximate surface area is 350 Å². The number of rotatable bonds is 18. The molecule has 0 amide bonds. The summed E-state index contributed by atoms with van der Waals surface area (Å²) in [6.07, 6.45) is 12.9. The summed E-state index contributed by atoms with van der Waals surface area (Å²) in [5.41, 5.74) is 7.44. The van der Waals surface area contributed by atoms with Crippen LogP contribution in [0.3, 0.4) is 0 Å². The van der Waals surface area contributed by atoms with Gasteiger partial charge in [-0.3, -0.25) is 4.79 Å². The molecule has 0 aliphatic rings. The van der Waals surface area contributed by atoms with Gasteiger partial charge in [0.05, 0.1) is 14.6 Å². The Kier molecular flexibility index (Phi) is 12.6. The minimum absolute atomic E-state index is 0.772. The predicted molar refractivity (Wildman–Crippen MR) is 246 cm³/mol. The number of para-hydroxylation sites is 2. The zero-order valence-electron chi connectivity index (χ0n) is 31.8. The number of anilines is 3. The second kappa shape index (κ2) is 18.3. The summed E-state index contributed by atoms with van der Waals surface area (Å²) in [6, 6.07) is 39.0. The molecule has 3 aromatic carbocycles. The van der Waals surface area contributed by atoms with Crippen LogP contribution in [-0.4, -0.2) is 16.3 Å². The van der Waals surface area contributed by atoms with Crippen molar-refractivity contribution in [1.29, 1.82) is 0 Å². The number of nitrogens with zero attached hydrogens (tertiary/aromatic N) is 3. The van der Waals surface area contributed by atoms with Crippen molar-refractivity contribution in [2.24, 2.45) is 0 Å². The molecule has 5 aromatic heterocycles. The van der Waals surface area contributed by atoms with Crippen LogP contribution in [0.15, 0.2) is 109 Å². The number of carbonyl (C=O) groups is 1. The highest BCUT2D eigenvalue weighted by atomic mass is 32.1. The van der Waals surface area contributed by atoms with Crippen molar-refractivity contribution in [3.05, 3.63) is 125 Å². The Balaban J connectivity index is 1.08. The molecule has 0 unspecified atom stereocenters. The monoisotopic (exact) mass is 827 g/mol. The van der Waals surface area contributed by atoms with Crippen LogP contribution < -0.4 is 4.90 Å². The Hall–Kier alpha value is -4.25. The second-order valence-corrected chi connectivity index (χ2v) is 19.2. The normalized spacial score (nSPS) is 11.5. The summed E-state index contributed by atoms with van der Waals surface area (Å²) in [7, 11) is 0. The average molecular weight is 828 g/mol. The number of fused-ring (bicyclic) bond motifs is 1. The molecular weight excluding hydrogens is 783 g/mol. The third-order valence-corrected chi connectivity index (χ3v) is 16.0. The summed E-state index contributed by atoms with van der Waals surface area (Å²) >= 11 is 8.66. The lowest BCUT2D eigenvalue weighted by Gasteiger charge is -2.25. The Morgan fingerprint density at radius 3 is 1.55 bits per heavy atom. The fourth-order valence-corrected chi connectivity index (χ4v) is 12.7. The minimum atomic E-state index is 0.772. The van der Waals surface area contributed by atoms with E-state index in [-0.39, 0.29) is 0 Å². The molecule has 0 spiro atoms. The Morgan fingerprint density at radius 2 is 1.04 bits per heavy atom. The molecule has 284 valence electrons. The maximum absolute atomic E-state index is 11.5. The molecule has 0 aliphatic heterocycles. The molecule has 8 rings (SSSR count). The summed E-state index contributed by atoms with van der Waals surface area (Å²) in [5.74, 6) is 0. The van der Waals surface area contributed by atoms with Crippen molar-refractivity contribution < 1.29 is 4.79 Å². The zero-order chi connectivity index (χ0) is 38.3. The summed E-state index contributed by atoms with van der Waals surface area (Å²) in [5, 5.41) is 2.09. The number of thiophene rings is 3. The van der Waals surface area contributed by atoms with Gasteiger partial charge in [-0.1, -0.05) is 124 Å². The second-order valence-electron chi connectivity index (χ2n) is 14.1. The molecule has 0 saturated heterocycles. The first kappa shape index (κ1) is 38.6. The molecule has 4 nitrogen and oxygen atoms in total. The highest BCUT2D eigenvalue weighted by molar-refractivity contribution is 7.32. The fourth-order valence-electron chi connectivity index (χ4n) is 7.13. The molecule has 56 heavy (non-hydrogen) atoms. The number of aromatic nitrogens is 2. The number of thiazole rings is 2. The standard InChI is InChI=1S/C47H45N3OS5/c1-3-5-7-11-17-33-29-40(53-42(33)32-23-25-37(26-24-32)50(35-19-13-9-14-20-35)36-21-15-10-16-22-36)44-48-46-47(55-44)49-45(56-46)41-30-34(18-12-8-6-4-2)43(54-41)39-28-27-38(31-51)52-39/h9-10,13-16,19-31H,3-8,11-12,17-18H2,1-2H3. The van der Waals surface area contributed by atoms with Gasteiger partial charge < -0.3 is 4.90 Å². The number of aryl methyl sites for hydroxylation is 2. The van der Waals surface area contributed by atoms with Crippen LogP contribution in [-0.2, 0) is 12.8 Å². The van der Waals surface area contributed by atoms with Crippen LogP contribution in [0.4, 0.5) is 17.1 Å². The van der Waals surface area contributed by atoms with Gasteiger partial charge in [0.15, 0.2) is 15.9 Å².